The zero-order valence-electron chi connectivity index (χ0n) is 47.8. The standard InChI is InChI=1S/C64H127NO5/c1-3-5-7-9-11-13-15-17-19-21-22-23-25-28-32-36-40-44-48-52-56-62(67)61(60-66)65-63(68)57-53-49-45-41-37-33-29-26-24-27-31-35-39-43-47-51-55-59-70-64(69)58-54-50-46-42-38-34-30-20-18-16-14-12-10-8-6-4-2/h61-62,66-67H,3-60H2,1-2H3,(H,65,68). The topological polar surface area (TPSA) is 95.9 Å². The molecule has 2 atom stereocenters. The third-order valence-electron chi connectivity index (χ3n) is 15.4. The molecule has 0 saturated carbocycles. The van der Waals surface area contributed by atoms with Gasteiger partial charge in [0.05, 0.1) is 25.4 Å². The highest BCUT2D eigenvalue weighted by molar-refractivity contribution is 5.76. The van der Waals surface area contributed by atoms with Gasteiger partial charge in [0.1, 0.15) is 0 Å². The number of unbranched alkanes of at least 4 members (excludes halogenated alkanes) is 50. The van der Waals surface area contributed by atoms with Gasteiger partial charge >= 0.3 is 5.97 Å². The fraction of sp³-hybridized carbons (Fsp3) is 0.969. The molecule has 6 heteroatoms. The van der Waals surface area contributed by atoms with Crippen molar-refractivity contribution in [3.05, 3.63) is 0 Å². The van der Waals surface area contributed by atoms with Crippen LogP contribution in [-0.2, 0) is 14.3 Å². The van der Waals surface area contributed by atoms with Gasteiger partial charge in [0.2, 0.25) is 5.91 Å². The normalized spacial score (nSPS) is 12.5. The Balaban J connectivity index is 3.39. The van der Waals surface area contributed by atoms with E-state index in [1.54, 1.807) is 0 Å². The molecule has 0 fully saturated rings. The van der Waals surface area contributed by atoms with Crippen LogP contribution in [0.5, 0.6) is 0 Å². The lowest BCUT2D eigenvalue weighted by Crippen LogP contribution is -2.45. The molecule has 2 unspecified atom stereocenters. The van der Waals surface area contributed by atoms with Gasteiger partial charge < -0.3 is 20.3 Å². The van der Waals surface area contributed by atoms with Crippen molar-refractivity contribution in [1.29, 1.82) is 0 Å². The van der Waals surface area contributed by atoms with Gasteiger partial charge in [0, 0.05) is 12.8 Å². The van der Waals surface area contributed by atoms with Crippen LogP contribution < -0.4 is 5.32 Å². The number of ether oxygens (including phenoxy) is 1. The van der Waals surface area contributed by atoms with Crippen molar-refractivity contribution in [2.24, 2.45) is 0 Å². The summed E-state index contributed by atoms with van der Waals surface area (Å²) in [5.41, 5.74) is 0. The second-order valence-corrected chi connectivity index (χ2v) is 22.5. The largest absolute Gasteiger partial charge is 0.466 e. The minimum atomic E-state index is -0.667. The Kier molecular flexibility index (Phi) is 59.4. The molecule has 0 aromatic carbocycles. The number of rotatable bonds is 61. The van der Waals surface area contributed by atoms with Crippen LogP contribution in [0.2, 0.25) is 0 Å². The van der Waals surface area contributed by atoms with Crippen LogP contribution in [0.25, 0.3) is 0 Å². The molecule has 0 saturated heterocycles. The molecule has 3 N–H and O–H groups in total. The minimum Gasteiger partial charge on any atom is -0.466 e. The van der Waals surface area contributed by atoms with E-state index in [0.29, 0.717) is 25.9 Å². The minimum absolute atomic E-state index is 0.0103. The van der Waals surface area contributed by atoms with Crippen molar-refractivity contribution in [3.8, 4) is 0 Å². The average Bonchev–Trinajstić information content (AvgIpc) is 3.36. The lowest BCUT2D eigenvalue weighted by atomic mass is 10.0. The van der Waals surface area contributed by atoms with Crippen molar-refractivity contribution < 1.29 is 24.5 Å². The summed E-state index contributed by atoms with van der Waals surface area (Å²) < 4.78 is 5.49. The van der Waals surface area contributed by atoms with E-state index in [0.717, 1.165) is 38.5 Å². The van der Waals surface area contributed by atoms with Crippen molar-refractivity contribution in [2.75, 3.05) is 13.2 Å². The molecule has 0 aliphatic rings. The predicted molar refractivity (Wildman–Crippen MR) is 306 cm³/mol. The van der Waals surface area contributed by atoms with E-state index >= 15 is 0 Å². The van der Waals surface area contributed by atoms with E-state index in [-0.39, 0.29) is 18.5 Å². The van der Waals surface area contributed by atoms with Crippen LogP contribution in [0.15, 0.2) is 0 Å². The first kappa shape index (κ1) is 68.9. The van der Waals surface area contributed by atoms with Crippen LogP contribution in [0.1, 0.15) is 373 Å². The van der Waals surface area contributed by atoms with Crippen molar-refractivity contribution in [2.45, 2.75) is 386 Å². The van der Waals surface area contributed by atoms with Crippen LogP contribution >= 0.6 is 0 Å². The fourth-order valence-electron chi connectivity index (χ4n) is 10.5. The third-order valence-corrected chi connectivity index (χ3v) is 15.4. The van der Waals surface area contributed by atoms with Gasteiger partial charge in [-0.25, -0.2) is 0 Å². The Labute approximate surface area is 438 Å². The summed E-state index contributed by atoms with van der Waals surface area (Å²) in [5.74, 6) is -0.0251. The van der Waals surface area contributed by atoms with Gasteiger partial charge in [0.15, 0.2) is 0 Å². The van der Waals surface area contributed by atoms with Crippen molar-refractivity contribution >= 4 is 11.9 Å². The van der Waals surface area contributed by atoms with E-state index in [9.17, 15) is 19.8 Å². The summed E-state index contributed by atoms with van der Waals surface area (Å²) in [6.45, 7) is 4.99. The van der Waals surface area contributed by atoms with Gasteiger partial charge in [0.25, 0.3) is 0 Å². The average molecular weight is 991 g/mol. The Hall–Kier alpha value is -1.14. The van der Waals surface area contributed by atoms with Crippen LogP contribution in [0, 0.1) is 0 Å². The highest BCUT2D eigenvalue weighted by atomic mass is 16.5. The smallest absolute Gasteiger partial charge is 0.305 e. The molecular formula is C64H127NO5. The number of carbonyl (C=O) groups is 2. The number of amides is 1. The summed E-state index contributed by atoms with van der Waals surface area (Å²) in [7, 11) is 0. The maximum Gasteiger partial charge on any atom is 0.305 e. The molecular weight excluding hydrogens is 863 g/mol. The van der Waals surface area contributed by atoms with Gasteiger partial charge in [-0.3, -0.25) is 9.59 Å². The number of nitrogens with one attached hydrogen (secondary N) is 1. The maximum absolute atomic E-state index is 12.5. The van der Waals surface area contributed by atoms with E-state index in [1.807, 2.05) is 0 Å². The number of aliphatic hydroxyl groups is 2. The molecule has 0 aromatic rings. The van der Waals surface area contributed by atoms with Gasteiger partial charge in [-0.05, 0) is 25.7 Å². The number of esters is 1. The summed E-state index contributed by atoms with van der Waals surface area (Å²) >= 11 is 0. The van der Waals surface area contributed by atoms with E-state index in [1.165, 1.54) is 302 Å². The zero-order chi connectivity index (χ0) is 50.7. The van der Waals surface area contributed by atoms with Gasteiger partial charge in [-0.15, -0.1) is 0 Å². The summed E-state index contributed by atoms with van der Waals surface area (Å²) in [6, 6.07) is -0.545. The van der Waals surface area contributed by atoms with Crippen molar-refractivity contribution in [3.63, 3.8) is 0 Å². The highest BCUT2D eigenvalue weighted by Gasteiger charge is 2.20. The lowest BCUT2D eigenvalue weighted by molar-refractivity contribution is -0.143. The Morgan fingerprint density at radius 3 is 0.871 bits per heavy atom. The predicted octanol–water partition coefficient (Wildman–Crippen LogP) is 20.3. The fourth-order valence-corrected chi connectivity index (χ4v) is 10.5. The first-order chi connectivity index (χ1) is 34.5. The zero-order valence-corrected chi connectivity index (χ0v) is 47.8. The number of aliphatic hydroxyl groups excluding tert-OH is 2. The Morgan fingerprint density at radius 2 is 0.586 bits per heavy atom. The molecule has 0 spiro atoms. The SMILES string of the molecule is CCCCCCCCCCCCCCCCCCCCCCC(O)C(CO)NC(=O)CCCCCCCCCCCCCCCCCCCOC(=O)CCCCCCCCCCCCCCCCCC. The molecule has 6 nitrogen and oxygen atoms in total. The van der Waals surface area contributed by atoms with Crippen LogP contribution in [0.4, 0.5) is 0 Å². The summed E-state index contributed by atoms with van der Waals surface area (Å²) in [6.07, 6.45) is 71.1. The summed E-state index contributed by atoms with van der Waals surface area (Å²) in [4.78, 5) is 24.6. The highest BCUT2D eigenvalue weighted by Crippen LogP contribution is 2.19. The third kappa shape index (κ3) is 56.2. The molecule has 0 heterocycles. The van der Waals surface area contributed by atoms with Crippen LogP contribution in [0.3, 0.4) is 0 Å². The van der Waals surface area contributed by atoms with Crippen molar-refractivity contribution in [1.82, 2.24) is 5.32 Å². The molecule has 0 aliphatic heterocycles. The second kappa shape index (κ2) is 60.4. The van der Waals surface area contributed by atoms with E-state index < -0.39 is 12.1 Å². The number of hydrogen-bond donors (Lipinski definition) is 3. The van der Waals surface area contributed by atoms with Gasteiger partial charge in [-0.2, -0.15) is 0 Å². The maximum atomic E-state index is 12.5. The quantitative estimate of drug-likeness (QED) is 0.0417. The monoisotopic (exact) mass is 990 g/mol. The number of carbonyl (C=O) groups excluding carboxylic acids is 2. The number of hydrogen-bond acceptors (Lipinski definition) is 5. The molecule has 0 aromatic heterocycles. The van der Waals surface area contributed by atoms with E-state index in [4.69, 9.17) is 4.74 Å². The summed E-state index contributed by atoms with van der Waals surface area (Å²) in [5, 5.41) is 23.4. The molecule has 70 heavy (non-hydrogen) atoms. The molecule has 0 aliphatic carbocycles. The first-order valence-corrected chi connectivity index (χ1v) is 32.3. The Morgan fingerprint density at radius 1 is 0.343 bits per heavy atom. The Bertz CT molecular complexity index is 1010. The lowest BCUT2D eigenvalue weighted by Gasteiger charge is -2.22. The molecule has 0 rings (SSSR count). The first-order valence-electron chi connectivity index (χ1n) is 32.3. The molecule has 0 radical (unpaired) electrons. The molecule has 418 valence electrons. The van der Waals surface area contributed by atoms with Gasteiger partial charge in [-0.1, -0.05) is 335 Å². The second-order valence-electron chi connectivity index (χ2n) is 22.5. The van der Waals surface area contributed by atoms with Crippen LogP contribution in [-0.4, -0.2) is 47.4 Å². The molecule has 0 bridgehead atoms. The van der Waals surface area contributed by atoms with E-state index in [2.05, 4.69) is 19.2 Å². The molecule has 1 amide bonds.